The Morgan fingerprint density at radius 3 is 0.985 bits per heavy atom. The van der Waals surface area contributed by atoms with Crippen molar-refractivity contribution in [3.63, 3.8) is 0 Å². The molecule has 1 aliphatic carbocycles. The van der Waals surface area contributed by atoms with Crippen LogP contribution in [0.1, 0.15) is 271 Å². The molecule has 1 saturated carbocycles. The minimum absolute atomic E-state index is 0.106. The second kappa shape index (κ2) is 43.6. The van der Waals surface area contributed by atoms with E-state index in [-0.39, 0.29) is 12.8 Å². The van der Waals surface area contributed by atoms with Crippen molar-refractivity contribution in [2.75, 3.05) is 13.2 Å². The zero-order chi connectivity index (χ0) is 49.2. The van der Waals surface area contributed by atoms with Crippen LogP contribution >= 0.6 is 7.82 Å². The Morgan fingerprint density at radius 2 is 0.672 bits per heavy atom. The van der Waals surface area contributed by atoms with Gasteiger partial charge in [0.1, 0.15) is 43.2 Å². The monoisotopic (exact) mass is 979 g/mol. The first-order valence-electron chi connectivity index (χ1n) is 27.8. The predicted molar refractivity (Wildman–Crippen MR) is 268 cm³/mol. The molecule has 0 spiro atoms. The zero-order valence-electron chi connectivity index (χ0n) is 42.7. The number of carbonyl (C=O) groups is 2. The first kappa shape index (κ1) is 63.9. The number of ether oxygens (including phenoxy) is 2. The summed E-state index contributed by atoms with van der Waals surface area (Å²) in [6.45, 7) is 3.37. The van der Waals surface area contributed by atoms with Crippen LogP contribution in [0.15, 0.2) is 0 Å². The van der Waals surface area contributed by atoms with E-state index in [0.29, 0.717) is 12.8 Å². The van der Waals surface area contributed by atoms with Crippen LogP contribution < -0.4 is 0 Å². The zero-order valence-corrected chi connectivity index (χ0v) is 43.6. The van der Waals surface area contributed by atoms with Crippen molar-refractivity contribution >= 4 is 19.8 Å². The van der Waals surface area contributed by atoms with Crippen LogP contribution in [0.5, 0.6) is 0 Å². The molecule has 0 aromatic carbocycles. The second-order valence-corrected chi connectivity index (χ2v) is 21.2. The fraction of sp³-hybridized carbons (Fsp3) is 0.962. The van der Waals surface area contributed by atoms with Crippen LogP contribution in [0, 0.1) is 0 Å². The van der Waals surface area contributed by atoms with E-state index < -0.39 is 75.7 Å². The average molecular weight is 979 g/mol. The first-order chi connectivity index (χ1) is 32.4. The normalized spacial score (nSPS) is 21.0. The van der Waals surface area contributed by atoms with Crippen molar-refractivity contribution in [1.82, 2.24) is 0 Å². The Kier molecular flexibility index (Phi) is 41.6. The van der Waals surface area contributed by atoms with Crippen LogP contribution in [-0.4, -0.2) is 98.3 Å². The largest absolute Gasteiger partial charge is 0.472 e. The third-order valence-corrected chi connectivity index (χ3v) is 14.4. The van der Waals surface area contributed by atoms with Crippen molar-refractivity contribution in [1.29, 1.82) is 0 Å². The molecule has 398 valence electrons. The van der Waals surface area contributed by atoms with Crippen molar-refractivity contribution in [2.24, 2.45) is 0 Å². The summed E-state index contributed by atoms with van der Waals surface area (Å²) in [5, 5.41) is 50.3. The van der Waals surface area contributed by atoms with Gasteiger partial charge in [0, 0.05) is 12.8 Å². The highest BCUT2D eigenvalue weighted by atomic mass is 31.2. The van der Waals surface area contributed by atoms with Crippen molar-refractivity contribution in [3.8, 4) is 0 Å². The molecule has 0 radical (unpaired) electrons. The van der Waals surface area contributed by atoms with Gasteiger partial charge in [-0.15, -0.1) is 0 Å². The molecule has 6 atom stereocenters. The third kappa shape index (κ3) is 35.6. The molecule has 1 rings (SSSR count). The Labute approximate surface area is 408 Å². The molecule has 13 nitrogen and oxygen atoms in total. The minimum atomic E-state index is -5.12. The third-order valence-electron chi connectivity index (χ3n) is 13.4. The maximum atomic E-state index is 12.9. The number of carbonyl (C=O) groups excluding carboxylic acids is 2. The van der Waals surface area contributed by atoms with Crippen LogP contribution in [0.25, 0.3) is 0 Å². The summed E-state index contributed by atoms with van der Waals surface area (Å²) in [5.41, 5.74) is 0. The van der Waals surface area contributed by atoms with Crippen LogP contribution in [0.4, 0.5) is 0 Å². The summed E-state index contributed by atoms with van der Waals surface area (Å²) < 4.78 is 33.7. The molecule has 0 aliphatic heterocycles. The molecule has 1 aliphatic rings. The molecule has 1 fully saturated rings. The SMILES string of the molecule is CCCCCCCCCCCCCCCCCCCCCC(=O)OCC(COP(=O)(O)OC1C(O)C(O)C(O)C(O)C1O)OC(=O)CCCCCCCCCCCCCCCCCCCCC. The lowest BCUT2D eigenvalue weighted by molar-refractivity contribution is -0.220. The van der Waals surface area contributed by atoms with Crippen LogP contribution in [-0.2, 0) is 32.7 Å². The highest BCUT2D eigenvalue weighted by Crippen LogP contribution is 2.47. The Balaban J connectivity index is 2.34. The molecule has 0 heterocycles. The van der Waals surface area contributed by atoms with Gasteiger partial charge in [0.15, 0.2) is 6.10 Å². The summed E-state index contributed by atoms with van der Waals surface area (Å²) in [6.07, 6.45) is 34.3. The molecular weight excluding hydrogens is 876 g/mol. The number of unbranched alkanes of at least 4 members (excludes halogenated alkanes) is 36. The topological polar surface area (TPSA) is 210 Å². The Hall–Kier alpha value is -1.15. The summed E-state index contributed by atoms with van der Waals surface area (Å²) >= 11 is 0. The van der Waals surface area contributed by atoms with Gasteiger partial charge in [-0.1, -0.05) is 245 Å². The number of hydrogen-bond acceptors (Lipinski definition) is 12. The van der Waals surface area contributed by atoms with Crippen LogP contribution in [0.3, 0.4) is 0 Å². The van der Waals surface area contributed by atoms with Gasteiger partial charge in [-0.25, -0.2) is 4.57 Å². The number of aliphatic hydroxyl groups excluding tert-OH is 5. The molecule has 0 amide bonds. The number of phosphoric ester groups is 1. The number of hydrogen-bond donors (Lipinski definition) is 6. The fourth-order valence-corrected chi connectivity index (χ4v) is 9.97. The van der Waals surface area contributed by atoms with Gasteiger partial charge < -0.3 is 39.9 Å². The molecule has 0 aromatic heterocycles. The van der Waals surface area contributed by atoms with E-state index in [1.165, 1.54) is 193 Å². The standard InChI is InChI=1S/C53H103O13P/c1-3-5-7-9-11-13-15-17-19-21-23-25-27-29-31-33-35-37-39-41-46(54)63-43-45(44-64-67(61,62)66-53-51(59)49(57)48(56)50(58)52(53)60)65-47(55)42-40-38-36-34-32-30-28-26-24-22-20-18-16-14-12-10-8-6-4-2/h45,48-53,56-60H,3-44H2,1-2H3,(H,61,62). The van der Waals surface area contributed by atoms with Gasteiger partial charge >= 0.3 is 19.8 Å². The number of phosphoric acid groups is 1. The first-order valence-corrected chi connectivity index (χ1v) is 29.3. The highest BCUT2D eigenvalue weighted by molar-refractivity contribution is 7.47. The van der Waals surface area contributed by atoms with E-state index in [2.05, 4.69) is 13.8 Å². The quantitative estimate of drug-likeness (QED) is 0.0191. The lowest BCUT2D eigenvalue weighted by atomic mass is 9.85. The molecule has 67 heavy (non-hydrogen) atoms. The van der Waals surface area contributed by atoms with E-state index in [1.807, 2.05) is 0 Å². The molecule has 0 aromatic rings. The van der Waals surface area contributed by atoms with Gasteiger partial charge in [-0.2, -0.15) is 0 Å². The van der Waals surface area contributed by atoms with Gasteiger partial charge in [-0.3, -0.25) is 18.6 Å². The summed E-state index contributed by atoms with van der Waals surface area (Å²) in [6, 6.07) is 0. The van der Waals surface area contributed by atoms with E-state index in [1.54, 1.807) is 0 Å². The number of rotatable bonds is 48. The fourth-order valence-electron chi connectivity index (χ4n) is 9.00. The molecule has 14 heteroatoms. The molecule has 6 unspecified atom stereocenters. The molecule has 0 bridgehead atoms. The summed E-state index contributed by atoms with van der Waals surface area (Å²) in [5.74, 6) is -1.08. The van der Waals surface area contributed by atoms with Gasteiger partial charge in [0.25, 0.3) is 0 Å². The van der Waals surface area contributed by atoms with Gasteiger partial charge in [0.05, 0.1) is 6.61 Å². The van der Waals surface area contributed by atoms with Crippen LogP contribution in [0.2, 0.25) is 0 Å². The lowest BCUT2D eigenvalue weighted by Gasteiger charge is -2.41. The number of esters is 2. The van der Waals surface area contributed by atoms with Crippen molar-refractivity contribution in [2.45, 2.75) is 313 Å². The summed E-state index contributed by atoms with van der Waals surface area (Å²) in [4.78, 5) is 35.9. The maximum Gasteiger partial charge on any atom is 0.472 e. The lowest BCUT2D eigenvalue weighted by Crippen LogP contribution is -2.64. The Morgan fingerprint density at radius 1 is 0.403 bits per heavy atom. The van der Waals surface area contributed by atoms with Crippen molar-refractivity contribution in [3.05, 3.63) is 0 Å². The highest BCUT2D eigenvalue weighted by Gasteiger charge is 2.51. The average Bonchev–Trinajstić information content (AvgIpc) is 3.31. The molecule has 6 N–H and O–H groups in total. The minimum Gasteiger partial charge on any atom is -0.462 e. The van der Waals surface area contributed by atoms with E-state index in [4.69, 9.17) is 18.5 Å². The molecular formula is C53H103O13P. The van der Waals surface area contributed by atoms with E-state index in [9.17, 15) is 44.6 Å². The maximum absolute atomic E-state index is 12.9. The predicted octanol–water partition coefficient (Wildman–Crippen LogP) is 12.4. The van der Waals surface area contributed by atoms with Gasteiger partial charge in [-0.05, 0) is 12.8 Å². The van der Waals surface area contributed by atoms with Crippen molar-refractivity contribution < 1.29 is 63.1 Å². The molecule has 0 saturated heterocycles. The van der Waals surface area contributed by atoms with Gasteiger partial charge in [0.2, 0.25) is 0 Å². The van der Waals surface area contributed by atoms with E-state index >= 15 is 0 Å². The smallest absolute Gasteiger partial charge is 0.462 e. The second-order valence-electron chi connectivity index (χ2n) is 19.8. The Bertz CT molecular complexity index is 1180. The van der Waals surface area contributed by atoms with E-state index in [0.717, 1.165) is 38.5 Å². The summed E-state index contributed by atoms with van der Waals surface area (Å²) in [7, 11) is -5.12. The number of aliphatic hydroxyl groups is 5.